The fraction of sp³-hybridized carbons (Fsp3) is 0.385. The summed E-state index contributed by atoms with van der Waals surface area (Å²) in [5, 5.41) is 11.1. The van der Waals surface area contributed by atoms with Gasteiger partial charge in [0.1, 0.15) is 5.75 Å². The van der Waals surface area contributed by atoms with Gasteiger partial charge in [-0.2, -0.15) is 5.26 Å². The second-order valence-corrected chi connectivity index (χ2v) is 3.01. The number of rotatable bonds is 3. The highest BCUT2D eigenvalue weighted by Crippen LogP contribution is 2.13. The van der Waals surface area contributed by atoms with E-state index in [1.165, 1.54) is 0 Å². The van der Waals surface area contributed by atoms with Crippen molar-refractivity contribution in [2.45, 2.75) is 26.9 Å². The number of carbonyl (C=O) groups excluding carboxylic acids is 1. The number of hydrogen-bond donors (Lipinski definition) is 1. The zero-order chi connectivity index (χ0) is 13.3. The van der Waals surface area contributed by atoms with Gasteiger partial charge in [0.25, 0.3) is 5.91 Å². The van der Waals surface area contributed by atoms with Crippen molar-refractivity contribution >= 4 is 5.91 Å². The Morgan fingerprint density at radius 1 is 1.35 bits per heavy atom. The number of likely N-dealkylation sites (N-methyl/N-ethyl adjacent to an activating group) is 1. The Bertz CT molecular complexity index is 379. The minimum atomic E-state index is -0.539. The Balaban J connectivity index is 0.00000121. The van der Waals surface area contributed by atoms with Crippen molar-refractivity contribution in [3.8, 4) is 11.8 Å². The molecule has 0 aliphatic rings. The third-order valence-electron chi connectivity index (χ3n) is 1.91. The van der Waals surface area contributed by atoms with Crippen LogP contribution in [0.5, 0.6) is 5.75 Å². The van der Waals surface area contributed by atoms with Gasteiger partial charge >= 0.3 is 0 Å². The first-order chi connectivity index (χ1) is 8.17. The van der Waals surface area contributed by atoms with Gasteiger partial charge in [-0.15, -0.1) is 0 Å². The monoisotopic (exact) mass is 234 g/mol. The molecule has 0 saturated heterocycles. The van der Waals surface area contributed by atoms with Gasteiger partial charge in [-0.3, -0.25) is 4.79 Å². The number of nitrogens with one attached hydrogen (secondary N) is 1. The molecule has 0 aliphatic heterocycles. The van der Waals surface area contributed by atoms with Crippen LogP contribution in [-0.2, 0) is 4.79 Å². The van der Waals surface area contributed by atoms with Gasteiger partial charge < -0.3 is 10.1 Å². The molecular weight excluding hydrogens is 216 g/mol. The van der Waals surface area contributed by atoms with Crippen molar-refractivity contribution in [1.82, 2.24) is 5.32 Å². The molecule has 0 aromatic heterocycles. The molecule has 92 valence electrons. The van der Waals surface area contributed by atoms with E-state index in [1.807, 2.05) is 19.9 Å². The quantitative estimate of drug-likeness (QED) is 0.871. The molecule has 1 rings (SSSR count). The van der Waals surface area contributed by atoms with Gasteiger partial charge in [0.2, 0.25) is 0 Å². The normalized spacial score (nSPS) is 10.3. The fourth-order valence-electron chi connectivity index (χ4n) is 1.07. The van der Waals surface area contributed by atoms with Gasteiger partial charge in [0.15, 0.2) is 6.10 Å². The van der Waals surface area contributed by atoms with Crippen LogP contribution >= 0.6 is 0 Å². The van der Waals surface area contributed by atoms with Crippen molar-refractivity contribution in [3.63, 3.8) is 0 Å². The lowest BCUT2D eigenvalue weighted by Gasteiger charge is -2.12. The molecule has 1 N–H and O–H groups in total. The summed E-state index contributed by atoms with van der Waals surface area (Å²) in [6, 6.07) is 8.63. The molecule has 1 aromatic rings. The van der Waals surface area contributed by atoms with E-state index >= 15 is 0 Å². The van der Waals surface area contributed by atoms with Crippen LogP contribution in [0.25, 0.3) is 0 Å². The lowest BCUT2D eigenvalue weighted by atomic mass is 10.2. The molecule has 17 heavy (non-hydrogen) atoms. The van der Waals surface area contributed by atoms with Crippen LogP contribution in [0.4, 0.5) is 0 Å². The minimum absolute atomic E-state index is 0.181. The van der Waals surface area contributed by atoms with Crippen molar-refractivity contribution in [2.75, 3.05) is 7.05 Å². The minimum Gasteiger partial charge on any atom is -0.481 e. The number of amides is 1. The van der Waals surface area contributed by atoms with Crippen LogP contribution in [0.3, 0.4) is 0 Å². The highest BCUT2D eigenvalue weighted by atomic mass is 16.5. The van der Waals surface area contributed by atoms with E-state index in [0.717, 1.165) is 0 Å². The van der Waals surface area contributed by atoms with Crippen LogP contribution in [0.1, 0.15) is 26.3 Å². The average Bonchev–Trinajstić information content (AvgIpc) is 2.40. The second kappa shape index (κ2) is 8.17. The summed E-state index contributed by atoms with van der Waals surface area (Å²) < 4.78 is 5.35. The Morgan fingerprint density at radius 3 is 2.29 bits per heavy atom. The predicted molar refractivity (Wildman–Crippen MR) is 66.7 cm³/mol. The molecule has 0 spiro atoms. The third kappa shape index (κ3) is 5.03. The lowest BCUT2D eigenvalue weighted by molar-refractivity contribution is -0.126. The van der Waals surface area contributed by atoms with Crippen molar-refractivity contribution in [1.29, 1.82) is 5.26 Å². The van der Waals surface area contributed by atoms with Crippen LogP contribution in [0.2, 0.25) is 0 Å². The fourth-order valence-corrected chi connectivity index (χ4v) is 1.07. The highest BCUT2D eigenvalue weighted by molar-refractivity contribution is 5.80. The van der Waals surface area contributed by atoms with E-state index in [2.05, 4.69) is 5.32 Å². The zero-order valence-corrected chi connectivity index (χ0v) is 10.7. The third-order valence-corrected chi connectivity index (χ3v) is 1.91. The largest absolute Gasteiger partial charge is 0.481 e. The summed E-state index contributed by atoms with van der Waals surface area (Å²) in [5.74, 6) is 0.393. The highest BCUT2D eigenvalue weighted by Gasteiger charge is 2.11. The molecule has 1 amide bonds. The first-order valence-electron chi connectivity index (χ1n) is 5.55. The molecule has 0 aliphatic carbocycles. The number of carbonyl (C=O) groups is 1. The Kier molecular flexibility index (Phi) is 7.20. The number of nitriles is 1. The topological polar surface area (TPSA) is 62.1 Å². The maximum Gasteiger partial charge on any atom is 0.260 e. The van der Waals surface area contributed by atoms with Gasteiger partial charge in [0.05, 0.1) is 11.6 Å². The summed E-state index contributed by atoms with van der Waals surface area (Å²) >= 11 is 0. The molecule has 1 aromatic carbocycles. The van der Waals surface area contributed by atoms with Crippen molar-refractivity contribution < 1.29 is 9.53 Å². The van der Waals surface area contributed by atoms with Crippen molar-refractivity contribution in [2.24, 2.45) is 0 Å². The maximum atomic E-state index is 11.2. The zero-order valence-electron chi connectivity index (χ0n) is 10.7. The van der Waals surface area contributed by atoms with Crippen molar-refractivity contribution in [3.05, 3.63) is 29.8 Å². The van der Waals surface area contributed by atoms with Crippen LogP contribution < -0.4 is 10.1 Å². The van der Waals surface area contributed by atoms with Gasteiger partial charge in [-0.1, -0.05) is 13.8 Å². The summed E-state index contributed by atoms with van der Waals surface area (Å²) in [4.78, 5) is 11.2. The molecule has 0 saturated carbocycles. The van der Waals surface area contributed by atoms with E-state index in [0.29, 0.717) is 11.3 Å². The Hall–Kier alpha value is -2.02. The van der Waals surface area contributed by atoms with Crippen LogP contribution in [-0.4, -0.2) is 19.1 Å². The Morgan fingerprint density at radius 2 is 1.88 bits per heavy atom. The smallest absolute Gasteiger partial charge is 0.260 e. The van der Waals surface area contributed by atoms with Crippen LogP contribution in [0, 0.1) is 11.3 Å². The first kappa shape index (κ1) is 15.0. The number of benzene rings is 1. The molecule has 1 atom stereocenters. The maximum absolute atomic E-state index is 11.2. The summed E-state index contributed by atoms with van der Waals surface area (Å²) in [7, 11) is 1.56. The standard InChI is InChI=1S/C11H12N2O2.C2H6/c1-8(11(14)13-2)15-10-5-3-9(7-12)4-6-10;1-2/h3-6,8H,1-2H3,(H,13,14);1-2H3. The van der Waals surface area contributed by atoms with Crippen LogP contribution in [0.15, 0.2) is 24.3 Å². The molecular formula is C13H18N2O2. The SMILES string of the molecule is CC.CNC(=O)C(C)Oc1ccc(C#N)cc1. The van der Waals surface area contributed by atoms with E-state index in [4.69, 9.17) is 10.00 Å². The molecule has 4 nitrogen and oxygen atoms in total. The molecule has 0 fully saturated rings. The van der Waals surface area contributed by atoms with E-state index in [9.17, 15) is 4.79 Å². The lowest BCUT2D eigenvalue weighted by Crippen LogP contribution is -2.33. The summed E-state index contributed by atoms with van der Waals surface area (Å²) in [5.41, 5.74) is 0.565. The predicted octanol–water partition coefficient (Wildman–Crippen LogP) is 2.10. The summed E-state index contributed by atoms with van der Waals surface area (Å²) in [6.45, 7) is 5.66. The molecule has 0 heterocycles. The molecule has 0 radical (unpaired) electrons. The number of nitrogens with zero attached hydrogens (tertiary/aromatic N) is 1. The average molecular weight is 234 g/mol. The van der Waals surface area contributed by atoms with Gasteiger partial charge in [0, 0.05) is 7.05 Å². The van der Waals surface area contributed by atoms with Gasteiger partial charge in [-0.25, -0.2) is 0 Å². The van der Waals surface area contributed by atoms with E-state index in [1.54, 1.807) is 38.2 Å². The second-order valence-electron chi connectivity index (χ2n) is 3.01. The molecule has 0 bridgehead atoms. The number of ether oxygens (including phenoxy) is 1. The first-order valence-corrected chi connectivity index (χ1v) is 5.55. The van der Waals surface area contributed by atoms with E-state index < -0.39 is 6.10 Å². The van der Waals surface area contributed by atoms with Gasteiger partial charge in [-0.05, 0) is 31.2 Å². The molecule has 4 heteroatoms. The number of hydrogen-bond acceptors (Lipinski definition) is 3. The summed E-state index contributed by atoms with van der Waals surface area (Å²) in [6.07, 6.45) is -0.539. The Labute approximate surface area is 102 Å². The molecule has 1 unspecified atom stereocenters. The van der Waals surface area contributed by atoms with E-state index in [-0.39, 0.29) is 5.91 Å².